The van der Waals surface area contributed by atoms with Crippen molar-refractivity contribution in [3.05, 3.63) is 84.7 Å². The summed E-state index contributed by atoms with van der Waals surface area (Å²) in [5, 5.41) is 13.4. The molecule has 6 aromatic rings. The van der Waals surface area contributed by atoms with Crippen molar-refractivity contribution in [3.63, 3.8) is 0 Å². The molecule has 230 valence electrons. The first kappa shape index (κ1) is 29.1. The van der Waals surface area contributed by atoms with Gasteiger partial charge in [0, 0.05) is 59.6 Å². The van der Waals surface area contributed by atoms with E-state index in [1.807, 2.05) is 37.5 Å². The lowest BCUT2D eigenvalue weighted by atomic mass is 10.0. The average Bonchev–Trinajstić information content (AvgIpc) is 3.80. The van der Waals surface area contributed by atoms with Gasteiger partial charge in [0.25, 0.3) is 0 Å². The molecule has 0 radical (unpaired) electrons. The summed E-state index contributed by atoms with van der Waals surface area (Å²) in [7, 11) is 3.95. The minimum absolute atomic E-state index is 0.353. The van der Waals surface area contributed by atoms with Crippen molar-refractivity contribution >= 4 is 21.8 Å². The number of benzene rings is 2. The van der Waals surface area contributed by atoms with Crippen molar-refractivity contribution in [2.24, 2.45) is 5.92 Å². The Morgan fingerprint density at radius 2 is 1.76 bits per heavy atom. The number of nitrogens with one attached hydrogen (secondary N) is 3. The molecular weight excluding hydrogens is 565 g/mol. The van der Waals surface area contributed by atoms with Crippen LogP contribution in [0.5, 0.6) is 5.75 Å². The standard InChI is InChI=1S/C36H38FN7O/c1-44(2)9-10-45-29-13-26(12-28(37)15-29)32-21-40-22-35-30(32)16-34(41-35)36-31-14-25(7-8-33(31)42-43-36)27-11-24(19-39-20-27)18-38-17-23-5-3-4-6-23/h7-8,11-16,19-23,38,41H,3-6,9-10,17-18H2,1-2H3,(H,42,43). The molecule has 45 heavy (non-hydrogen) atoms. The number of H-pyrrole nitrogens is 2. The predicted molar refractivity (Wildman–Crippen MR) is 178 cm³/mol. The smallest absolute Gasteiger partial charge is 0.127 e. The van der Waals surface area contributed by atoms with Gasteiger partial charge in [0.05, 0.1) is 22.9 Å². The predicted octanol–water partition coefficient (Wildman–Crippen LogP) is 7.19. The lowest BCUT2D eigenvalue weighted by Gasteiger charge is -2.12. The quantitative estimate of drug-likeness (QED) is 0.145. The molecule has 4 aromatic heterocycles. The molecule has 0 atom stereocenters. The molecule has 3 N–H and O–H groups in total. The first-order chi connectivity index (χ1) is 22.0. The SMILES string of the molecule is CN(C)CCOc1cc(F)cc(-c2cncc3[nH]c(-c4n[nH]c5ccc(-c6cncc(CNCC7CCCC7)c6)cc45)cc23)c1. The minimum Gasteiger partial charge on any atom is -0.492 e. The first-order valence-corrected chi connectivity index (χ1v) is 15.7. The van der Waals surface area contributed by atoms with E-state index in [0.717, 1.165) is 75.4 Å². The molecule has 0 unspecified atom stereocenters. The van der Waals surface area contributed by atoms with Gasteiger partial charge >= 0.3 is 0 Å². The Morgan fingerprint density at radius 1 is 0.889 bits per heavy atom. The molecule has 1 fully saturated rings. The van der Waals surface area contributed by atoms with Crippen LogP contribution in [0.3, 0.4) is 0 Å². The number of aromatic nitrogens is 5. The van der Waals surface area contributed by atoms with E-state index in [2.05, 4.69) is 60.8 Å². The van der Waals surface area contributed by atoms with Crippen LogP contribution in [0.15, 0.2) is 73.3 Å². The molecule has 1 aliphatic rings. The maximum atomic E-state index is 14.7. The number of rotatable bonds is 11. The zero-order valence-electron chi connectivity index (χ0n) is 25.7. The van der Waals surface area contributed by atoms with Crippen LogP contribution in [0.25, 0.3) is 55.4 Å². The number of hydrogen-bond donors (Lipinski definition) is 3. The van der Waals surface area contributed by atoms with Gasteiger partial charge in [-0.2, -0.15) is 5.10 Å². The van der Waals surface area contributed by atoms with Gasteiger partial charge in [-0.05, 0) is 92.5 Å². The molecule has 1 saturated carbocycles. The van der Waals surface area contributed by atoms with Gasteiger partial charge in [-0.1, -0.05) is 18.9 Å². The highest BCUT2D eigenvalue weighted by atomic mass is 19.1. The molecule has 0 amide bonds. The van der Waals surface area contributed by atoms with Crippen LogP contribution in [0.1, 0.15) is 31.2 Å². The number of halogens is 1. The Labute approximate surface area is 262 Å². The van der Waals surface area contributed by atoms with E-state index in [0.29, 0.717) is 17.9 Å². The van der Waals surface area contributed by atoms with Gasteiger partial charge in [0.15, 0.2) is 0 Å². The molecule has 0 saturated heterocycles. The number of ether oxygens (including phenoxy) is 1. The second kappa shape index (κ2) is 12.8. The van der Waals surface area contributed by atoms with Crippen LogP contribution < -0.4 is 10.1 Å². The fourth-order valence-electron chi connectivity index (χ4n) is 6.33. The lowest BCUT2D eigenvalue weighted by molar-refractivity contribution is 0.260. The molecule has 0 aliphatic heterocycles. The summed E-state index contributed by atoms with van der Waals surface area (Å²) < 4.78 is 20.5. The van der Waals surface area contributed by atoms with Gasteiger partial charge < -0.3 is 19.9 Å². The van der Waals surface area contributed by atoms with Gasteiger partial charge in [0.2, 0.25) is 0 Å². The topological polar surface area (TPSA) is 94.8 Å². The van der Waals surface area contributed by atoms with Crippen molar-refractivity contribution in [2.75, 3.05) is 33.8 Å². The summed E-state index contributed by atoms with van der Waals surface area (Å²) in [5.74, 6) is 0.945. The maximum absolute atomic E-state index is 14.7. The average molecular weight is 604 g/mol. The zero-order chi connectivity index (χ0) is 30.8. The summed E-state index contributed by atoms with van der Waals surface area (Å²) in [6, 6.07) is 15.4. The van der Waals surface area contributed by atoms with E-state index in [4.69, 9.17) is 4.74 Å². The van der Waals surface area contributed by atoms with E-state index in [1.165, 1.54) is 43.4 Å². The molecule has 0 spiro atoms. The zero-order valence-corrected chi connectivity index (χ0v) is 25.7. The summed E-state index contributed by atoms with van der Waals surface area (Å²) >= 11 is 0. The highest BCUT2D eigenvalue weighted by Gasteiger charge is 2.17. The fourth-order valence-corrected chi connectivity index (χ4v) is 6.33. The summed E-state index contributed by atoms with van der Waals surface area (Å²) in [6.45, 7) is 3.10. The third-order valence-electron chi connectivity index (χ3n) is 8.72. The highest BCUT2D eigenvalue weighted by molar-refractivity contribution is 6.01. The van der Waals surface area contributed by atoms with Crippen molar-refractivity contribution in [1.29, 1.82) is 0 Å². The summed E-state index contributed by atoms with van der Waals surface area (Å²) in [4.78, 5) is 14.5. The highest BCUT2D eigenvalue weighted by Crippen LogP contribution is 2.36. The minimum atomic E-state index is -0.353. The molecule has 2 aromatic carbocycles. The van der Waals surface area contributed by atoms with Gasteiger partial charge in [-0.25, -0.2) is 4.39 Å². The van der Waals surface area contributed by atoms with Gasteiger partial charge in [0.1, 0.15) is 23.9 Å². The fraction of sp³-hybridized carbons (Fsp3) is 0.306. The van der Waals surface area contributed by atoms with Crippen LogP contribution in [-0.2, 0) is 6.54 Å². The molecule has 7 rings (SSSR count). The van der Waals surface area contributed by atoms with E-state index in [1.54, 1.807) is 12.4 Å². The van der Waals surface area contributed by atoms with Crippen LogP contribution in [0.2, 0.25) is 0 Å². The van der Waals surface area contributed by atoms with Crippen LogP contribution >= 0.6 is 0 Å². The Bertz CT molecular complexity index is 1940. The summed E-state index contributed by atoms with van der Waals surface area (Å²) in [5.41, 5.74) is 8.30. The number of fused-ring (bicyclic) bond motifs is 2. The number of pyridine rings is 2. The Morgan fingerprint density at radius 3 is 2.62 bits per heavy atom. The summed E-state index contributed by atoms with van der Waals surface area (Å²) in [6.07, 6.45) is 12.8. The van der Waals surface area contributed by atoms with Crippen molar-refractivity contribution in [3.8, 4) is 39.4 Å². The first-order valence-electron chi connectivity index (χ1n) is 15.7. The van der Waals surface area contributed by atoms with E-state index >= 15 is 0 Å². The molecular formula is C36H38FN7O. The Hall–Kier alpha value is -4.60. The third kappa shape index (κ3) is 6.45. The number of nitrogens with zero attached hydrogens (tertiary/aromatic N) is 4. The number of likely N-dealkylation sites (N-methyl/N-ethyl adjacent to an activating group) is 1. The van der Waals surface area contributed by atoms with E-state index in [9.17, 15) is 4.39 Å². The maximum Gasteiger partial charge on any atom is 0.127 e. The van der Waals surface area contributed by atoms with E-state index in [-0.39, 0.29) is 5.82 Å². The Kier molecular flexibility index (Phi) is 8.28. The molecule has 1 aliphatic carbocycles. The van der Waals surface area contributed by atoms with Crippen LogP contribution in [0.4, 0.5) is 4.39 Å². The lowest BCUT2D eigenvalue weighted by Crippen LogP contribution is -2.20. The normalized spacial score (nSPS) is 13.9. The second-order valence-electron chi connectivity index (χ2n) is 12.4. The largest absolute Gasteiger partial charge is 0.492 e. The molecule has 9 heteroatoms. The number of aromatic amines is 2. The molecule has 8 nitrogen and oxygen atoms in total. The third-order valence-corrected chi connectivity index (χ3v) is 8.72. The van der Waals surface area contributed by atoms with Crippen LogP contribution in [0, 0.1) is 11.7 Å². The van der Waals surface area contributed by atoms with Crippen molar-refractivity contribution in [1.82, 2.24) is 35.4 Å². The Balaban J connectivity index is 1.17. The monoisotopic (exact) mass is 603 g/mol. The van der Waals surface area contributed by atoms with Crippen molar-refractivity contribution in [2.45, 2.75) is 32.2 Å². The van der Waals surface area contributed by atoms with Gasteiger partial charge in [-0.15, -0.1) is 0 Å². The van der Waals surface area contributed by atoms with Crippen LogP contribution in [-0.4, -0.2) is 63.8 Å². The van der Waals surface area contributed by atoms with Gasteiger partial charge in [-0.3, -0.25) is 15.1 Å². The van der Waals surface area contributed by atoms with E-state index < -0.39 is 0 Å². The second-order valence-corrected chi connectivity index (χ2v) is 12.4. The molecule has 0 bridgehead atoms. The van der Waals surface area contributed by atoms with Crippen molar-refractivity contribution < 1.29 is 9.13 Å². The molecule has 4 heterocycles. The number of hydrogen-bond acceptors (Lipinski definition) is 6.